The van der Waals surface area contributed by atoms with E-state index >= 15 is 0 Å². The maximum Gasteiger partial charge on any atom is 0.317 e. The van der Waals surface area contributed by atoms with Crippen LogP contribution in [0.1, 0.15) is 6.92 Å². The van der Waals surface area contributed by atoms with Gasteiger partial charge in [0.05, 0.1) is 5.52 Å². The molecule has 15 heavy (non-hydrogen) atoms. The Morgan fingerprint density at radius 2 is 2.20 bits per heavy atom. The molecule has 0 N–H and O–H groups in total. The molecule has 0 bridgehead atoms. The van der Waals surface area contributed by atoms with Crippen LogP contribution in [0, 0.1) is 0 Å². The van der Waals surface area contributed by atoms with Crippen LogP contribution in [0.3, 0.4) is 0 Å². The number of rotatable bonds is 3. The van der Waals surface area contributed by atoms with Gasteiger partial charge in [0, 0.05) is 11.6 Å². The number of nitrogens with zero attached hydrogens (tertiary/aromatic N) is 2. The minimum atomic E-state index is -0.0493. The predicted octanol–water partition coefficient (Wildman–Crippen LogP) is 1.60. The van der Waals surface area contributed by atoms with Crippen molar-refractivity contribution in [3.63, 3.8) is 0 Å². The molecule has 1 heterocycles. The summed E-state index contributed by atoms with van der Waals surface area (Å²) in [4.78, 5) is 18.9. The summed E-state index contributed by atoms with van der Waals surface area (Å²) in [5, 5.41) is 0.952. The fourth-order valence-corrected chi connectivity index (χ4v) is 1.19. The molecule has 4 heteroatoms. The summed E-state index contributed by atoms with van der Waals surface area (Å²) in [5.74, 6) is -0.0493. The number of hydrogen-bond acceptors (Lipinski definition) is 4. The van der Waals surface area contributed by atoms with Gasteiger partial charge in [0.15, 0.2) is 5.78 Å². The van der Waals surface area contributed by atoms with Gasteiger partial charge in [0.1, 0.15) is 6.61 Å². The van der Waals surface area contributed by atoms with Crippen molar-refractivity contribution in [1.29, 1.82) is 0 Å². The lowest BCUT2D eigenvalue weighted by atomic mass is 10.2. The first-order valence-electron chi connectivity index (χ1n) is 4.60. The molecule has 0 amide bonds. The molecule has 0 atom stereocenters. The highest BCUT2D eigenvalue weighted by Gasteiger charge is 2.01. The molecule has 0 aliphatic heterocycles. The fraction of sp³-hybridized carbons (Fsp3) is 0.182. The van der Waals surface area contributed by atoms with E-state index in [0.717, 1.165) is 10.9 Å². The first-order chi connectivity index (χ1) is 7.25. The summed E-state index contributed by atoms with van der Waals surface area (Å²) in [6.45, 7) is 1.47. The molecule has 76 valence electrons. The number of fused-ring (bicyclic) bond motifs is 1. The van der Waals surface area contributed by atoms with Crippen molar-refractivity contribution < 1.29 is 9.53 Å². The lowest BCUT2D eigenvalue weighted by Crippen LogP contribution is -2.08. The monoisotopic (exact) mass is 202 g/mol. The zero-order valence-electron chi connectivity index (χ0n) is 8.30. The first-order valence-corrected chi connectivity index (χ1v) is 4.60. The van der Waals surface area contributed by atoms with E-state index < -0.39 is 0 Å². The third-order valence-electron chi connectivity index (χ3n) is 1.87. The standard InChI is InChI=1S/C11H10N2O2/c1-8(14)7-15-11-12-6-9-4-2-3-5-10(9)13-11/h2-6H,7H2,1H3. The highest BCUT2D eigenvalue weighted by molar-refractivity contribution is 5.78. The van der Waals surface area contributed by atoms with Crippen molar-refractivity contribution in [2.24, 2.45) is 0 Å². The van der Waals surface area contributed by atoms with Gasteiger partial charge in [0.2, 0.25) is 0 Å². The minimum absolute atomic E-state index is 0.0122. The Balaban J connectivity index is 2.26. The van der Waals surface area contributed by atoms with E-state index in [1.807, 2.05) is 24.3 Å². The van der Waals surface area contributed by atoms with Gasteiger partial charge >= 0.3 is 6.01 Å². The number of carbonyl (C=O) groups is 1. The van der Waals surface area contributed by atoms with E-state index in [0.29, 0.717) is 0 Å². The molecule has 0 saturated heterocycles. The van der Waals surface area contributed by atoms with Crippen molar-refractivity contribution >= 4 is 16.7 Å². The van der Waals surface area contributed by atoms with Crippen LogP contribution in [0.25, 0.3) is 10.9 Å². The van der Waals surface area contributed by atoms with E-state index in [2.05, 4.69) is 9.97 Å². The third kappa shape index (κ3) is 2.28. The molecule has 0 spiro atoms. The summed E-state index contributed by atoms with van der Waals surface area (Å²) in [6, 6.07) is 7.84. The lowest BCUT2D eigenvalue weighted by Gasteiger charge is -2.02. The van der Waals surface area contributed by atoms with Crippen LogP contribution in [0.4, 0.5) is 0 Å². The molecule has 1 aromatic carbocycles. The van der Waals surface area contributed by atoms with Crippen molar-refractivity contribution in [2.75, 3.05) is 6.61 Å². The molecule has 0 aliphatic rings. The molecular weight excluding hydrogens is 192 g/mol. The largest absolute Gasteiger partial charge is 0.455 e. The second-order valence-corrected chi connectivity index (χ2v) is 3.20. The van der Waals surface area contributed by atoms with Crippen LogP contribution in [0.5, 0.6) is 6.01 Å². The first kappa shape index (κ1) is 9.58. The number of aromatic nitrogens is 2. The van der Waals surface area contributed by atoms with Gasteiger partial charge in [-0.05, 0) is 13.0 Å². The molecule has 0 unspecified atom stereocenters. The summed E-state index contributed by atoms with van der Waals surface area (Å²) >= 11 is 0. The Kier molecular flexibility index (Phi) is 2.58. The Hall–Kier alpha value is -1.97. The smallest absolute Gasteiger partial charge is 0.317 e. The summed E-state index contributed by atoms with van der Waals surface area (Å²) < 4.78 is 5.10. The maximum absolute atomic E-state index is 10.7. The quantitative estimate of drug-likeness (QED) is 0.758. The summed E-state index contributed by atoms with van der Waals surface area (Å²) in [5.41, 5.74) is 0.811. The number of benzene rings is 1. The van der Waals surface area contributed by atoms with Gasteiger partial charge < -0.3 is 4.74 Å². The van der Waals surface area contributed by atoms with Crippen molar-refractivity contribution in [1.82, 2.24) is 9.97 Å². The van der Waals surface area contributed by atoms with Crippen molar-refractivity contribution in [3.8, 4) is 6.01 Å². The SMILES string of the molecule is CC(=O)COc1ncc2ccccc2n1. The molecule has 1 aromatic heterocycles. The minimum Gasteiger partial charge on any atom is -0.455 e. The van der Waals surface area contributed by atoms with Crippen molar-refractivity contribution in [2.45, 2.75) is 6.92 Å². The van der Waals surface area contributed by atoms with Crippen LogP contribution >= 0.6 is 0 Å². The molecule has 2 rings (SSSR count). The third-order valence-corrected chi connectivity index (χ3v) is 1.87. The zero-order chi connectivity index (χ0) is 10.7. The van der Waals surface area contributed by atoms with Crippen LogP contribution in [-0.2, 0) is 4.79 Å². The number of para-hydroxylation sites is 1. The van der Waals surface area contributed by atoms with Crippen LogP contribution in [0.2, 0.25) is 0 Å². The number of hydrogen-bond donors (Lipinski definition) is 0. The van der Waals surface area contributed by atoms with Gasteiger partial charge in [-0.15, -0.1) is 0 Å². The van der Waals surface area contributed by atoms with Crippen LogP contribution < -0.4 is 4.74 Å². The van der Waals surface area contributed by atoms with Crippen molar-refractivity contribution in [3.05, 3.63) is 30.5 Å². The average Bonchev–Trinajstić information content (AvgIpc) is 2.26. The van der Waals surface area contributed by atoms with E-state index in [-0.39, 0.29) is 18.4 Å². The Morgan fingerprint density at radius 1 is 1.40 bits per heavy atom. The van der Waals surface area contributed by atoms with E-state index in [9.17, 15) is 4.79 Å². The van der Waals surface area contributed by atoms with E-state index in [1.165, 1.54) is 6.92 Å². The fourth-order valence-electron chi connectivity index (χ4n) is 1.19. The van der Waals surface area contributed by atoms with Gasteiger partial charge in [-0.3, -0.25) is 4.79 Å². The highest BCUT2D eigenvalue weighted by Crippen LogP contribution is 2.12. The number of carbonyl (C=O) groups excluding carboxylic acids is 1. The molecule has 2 aromatic rings. The molecular formula is C11H10N2O2. The topological polar surface area (TPSA) is 52.1 Å². The normalized spacial score (nSPS) is 10.2. The zero-order valence-corrected chi connectivity index (χ0v) is 8.30. The second-order valence-electron chi connectivity index (χ2n) is 3.20. The summed E-state index contributed by atoms with van der Waals surface area (Å²) in [7, 11) is 0. The number of ether oxygens (including phenoxy) is 1. The van der Waals surface area contributed by atoms with Crippen LogP contribution in [0.15, 0.2) is 30.5 Å². The van der Waals surface area contributed by atoms with Gasteiger partial charge in [0.25, 0.3) is 0 Å². The van der Waals surface area contributed by atoms with E-state index in [1.54, 1.807) is 6.20 Å². The Labute approximate surface area is 86.9 Å². The predicted molar refractivity (Wildman–Crippen MR) is 55.7 cm³/mol. The van der Waals surface area contributed by atoms with Crippen LogP contribution in [-0.4, -0.2) is 22.4 Å². The Morgan fingerprint density at radius 3 is 3.00 bits per heavy atom. The summed E-state index contributed by atoms with van der Waals surface area (Å²) in [6.07, 6.45) is 1.68. The highest BCUT2D eigenvalue weighted by atomic mass is 16.5. The molecule has 0 fully saturated rings. The van der Waals surface area contributed by atoms with Gasteiger partial charge in [-0.1, -0.05) is 18.2 Å². The second kappa shape index (κ2) is 4.04. The van der Waals surface area contributed by atoms with Gasteiger partial charge in [-0.25, -0.2) is 4.98 Å². The van der Waals surface area contributed by atoms with Gasteiger partial charge in [-0.2, -0.15) is 4.98 Å². The maximum atomic E-state index is 10.7. The average molecular weight is 202 g/mol. The molecule has 4 nitrogen and oxygen atoms in total. The molecule has 0 radical (unpaired) electrons. The van der Waals surface area contributed by atoms with E-state index in [4.69, 9.17) is 4.74 Å². The molecule has 0 saturated carbocycles. The number of ketones is 1. The number of Topliss-reactive ketones (excluding diaryl/α,β-unsaturated/α-hetero) is 1. The lowest BCUT2D eigenvalue weighted by molar-refractivity contribution is -0.119. The Bertz CT molecular complexity index is 497. The molecule has 0 aliphatic carbocycles.